The van der Waals surface area contributed by atoms with Gasteiger partial charge in [-0.25, -0.2) is 9.97 Å². The number of para-hydroxylation sites is 2. The summed E-state index contributed by atoms with van der Waals surface area (Å²) in [6.07, 6.45) is 0. The van der Waals surface area contributed by atoms with Crippen molar-refractivity contribution >= 4 is 22.7 Å². The summed E-state index contributed by atoms with van der Waals surface area (Å²) >= 11 is 0. The Morgan fingerprint density at radius 3 is 2.56 bits per heavy atom. The van der Waals surface area contributed by atoms with Gasteiger partial charge in [0.05, 0.1) is 17.6 Å². The summed E-state index contributed by atoms with van der Waals surface area (Å²) in [5.41, 5.74) is 7.32. The van der Waals surface area contributed by atoms with E-state index in [0.29, 0.717) is 11.6 Å². The molecule has 1 aromatic heterocycles. The molecule has 16 heavy (non-hydrogen) atoms. The summed E-state index contributed by atoms with van der Waals surface area (Å²) in [7, 11) is 0. The molecular formula is C11H14N4O. The fourth-order valence-corrected chi connectivity index (χ4v) is 1.40. The van der Waals surface area contributed by atoms with E-state index in [0.717, 1.165) is 11.0 Å². The van der Waals surface area contributed by atoms with Gasteiger partial charge >= 0.3 is 0 Å². The number of hydrogen-bond acceptors (Lipinski definition) is 5. The molecule has 1 atom stereocenters. The van der Waals surface area contributed by atoms with E-state index < -0.39 is 0 Å². The summed E-state index contributed by atoms with van der Waals surface area (Å²) in [6, 6.07) is 7.42. The minimum atomic E-state index is -0.0993. The van der Waals surface area contributed by atoms with Crippen molar-refractivity contribution in [2.45, 2.75) is 13.0 Å². The van der Waals surface area contributed by atoms with Crippen LogP contribution >= 0.6 is 0 Å². The zero-order valence-corrected chi connectivity index (χ0v) is 9.01. The summed E-state index contributed by atoms with van der Waals surface area (Å²) < 4.78 is 0. The molecular weight excluding hydrogens is 204 g/mol. The molecule has 0 fully saturated rings. The Morgan fingerprint density at radius 1 is 1.31 bits per heavy atom. The van der Waals surface area contributed by atoms with Gasteiger partial charge in [0.25, 0.3) is 0 Å². The lowest BCUT2D eigenvalue weighted by Gasteiger charge is -2.13. The second-order valence-electron chi connectivity index (χ2n) is 3.67. The summed E-state index contributed by atoms with van der Waals surface area (Å²) in [4.78, 5) is 8.59. The van der Waals surface area contributed by atoms with Gasteiger partial charge in [-0.15, -0.1) is 0 Å². The third-order valence-corrected chi connectivity index (χ3v) is 2.25. The third-order valence-electron chi connectivity index (χ3n) is 2.25. The number of rotatable bonds is 3. The molecule has 1 unspecified atom stereocenters. The highest BCUT2D eigenvalue weighted by Crippen LogP contribution is 2.18. The monoisotopic (exact) mass is 218 g/mol. The van der Waals surface area contributed by atoms with E-state index in [1.807, 2.05) is 31.2 Å². The normalized spacial score (nSPS) is 12.6. The van der Waals surface area contributed by atoms with Gasteiger partial charge in [-0.2, -0.15) is 0 Å². The summed E-state index contributed by atoms with van der Waals surface area (Å²) in [5, 5.41) is 12.0. The molecule has 84 valence electrons. The Labute approximate surface area is 93.3 Å². The topological polar surface area (TPSA) is 84.1 Å². The van der Waals surface area contributed by atoms with Gasteiger partial charge in [0, 0.05) is 6.04 Å². The van der Waals surface area contributed by atoms with Crippen LogP contribution in [0.15, 0.2) is 24.3 Å². The van der Waals surface area contributed by atoms with E-state index in [2.05, 4.69) is 15.3 Å². The zero-order valence-electron chi connectivity index (χ0n) is 9.01. The number of aliphatic hydroxyl groups excluding tert-OH is 1. The van der Waals surface area contributed by atoms with Crippen LogP contribution in [0.25, 0.3) is 11.0 Å². The molecule has 5 nitrogen and oxygen atoms in total. The first-order valence-electron chi connectivity index (χ1n) is 5.10. The molecule has 0 aliphatic rings. The van der Waals surface area contributed by atoms with E-state index in [1.165, 1.54) is 0 Å². The Balaban J connectivity index is 2.42. The zero-order chi connectivity index (χ0) is 11.5. The number of nitrogens with zero attached hydrogens (tertiary/aromatic N) is 2. The SMILES string of the molecule is CC(CO)Nc1nc2ccccc2nc1N. The van der Waals surface area contributed by atoms with Crippen LogP contribution in [0.1, 0.15) is 6.92 Å². The molecule has 0 aliphatic heterocycles. The van der Waals surface area contributed by atoms with Crippen LogP contribution in [0.4, 0.5) is 11.6 Å². The molecule has 0 radical (unpaired) electrons. The van der Waals surface area contributed by atoms with Crippen LogP contribution in [-0.2, 0) is 0 Å². The molecule has 0 saturated carbocycles. The van der Waals surface area contributed by atoms with E-state index in [4.69, 9.17) is 10.8 Å². The van der Waals surface area contributed by atoms with Gasteiger partial charge < -0.3 is 16.2 Å². The molecule has 0 saturated heterocycles. The number of aliphatic hydroxyl groups is 1. The van der Waals surface area contributed by atoms with Gasteiger partial charge in [-0.05, 0) is 19.1 Å². The number of benzene rings is 1. The maximum absolute atomic E-state index is 8.95. The van der Waals surface area contributed by atoms with Gasteiger partial charge in [-0.3, -0.25) is 0 Å². The molecule has 5 heteroatoms. The van der Waals surface area contributed by atoms with E-state index in [-0.39, 0.29) is 12.6 Å². The van der Waals surface area contributed by atoms with Crippen molar-refractivity contribution < 1.29 is 5.11 Å². The fourth-order valence-electron chi connectivity index (χ4n) is 1.40. The van der Waals surface area contributed by atoms with Crippen LogP contribution in [0.3, 0.4) is 0 Å². The molecule has 0 amide bonds. The van der Waals surface area contributed by atoms with Crippen LogP contribution < -0.4 is 11.1 Å². The Kier molecular flexibility index (Phi) is 2.87. The van der Waals surface area contributed by atoms with Gasteiger partial charge in [0.2, 0.25) is 0 Å². The first-order valence-corrected chi connectivity index (χ1v) is 5.10. The second kappa shape index (κ2) is 4.32. The number of anilines is 2. The van der Waals surface area contributed by atoms with Crippen molar-refractivity contribution in [3.8, 4) is 0 Å². The van der Waals surface area contributed by atoms with Gasteiger partial charge in [0.15, 0.2) is 11.6 Å². The fraction of sp³-hybridized carbons (Fsp3) is 0.273. The van der Waals surface area contributed by atoms with Gasteiger partial charge in [-0.1, -0.05) is 12.1 Å². The van der Waals surface area contributed by atoms with Crippen molar-refractivity contribution in [3.63, 3.8) is 0 Å². The number of nitrogens with two attached hydrogens (primary N) is 1. The average molecular weight is 218 g/mol. The number of nitrogens with one attached hydrogen (secondary N) is 1. The second-order valence-corrected chi connectivity index (χ2v) is 3.67. The highest BCUT2D eigenvalue weighted by Gasteiger charge is 2.07. The molecule has 1 aromatic carbocycles. The number of hydrogen-bond donors (Lipinski definition) is 3. The predicted molar refractivity (Wildman–Crippen MR) is 64.1 cm³/mol. The average Bonchev–Trinajstić information content (AvgIpc) is 2.30. The lowest BCUT2D eigenvalue weighted by molar-refractivity contribution is 0.281. The van der Waals surface area contributed by atoms with Crippen LogP contribution in [0.2, 0.25) is 0 Å². The van der Waals surface area contributed by atoms with Crippen molar-refractivity contribution in [2.75, 3.05) is 17.7 Å². The maximum atomic E-state index is 8.95. The molecule has 4 N–H and O–H groups in total. The molecule has 2 rings (SSSR count). The van der Waals surface area contributed by atoms with E-state index in [9.17, 15) is 0 Å². The first-order chi connectivity index (χ1) is 7.70. The molecule has 1 heterocycles. The predicted octanol–water partition coefficient (Wildman–Crippen LogP) is 1.00. The van der Waals surface area contributed by atoms with E-state index >= 15 is 0 Å². The van der Waals surface area contributed by atoms with Crippen molar-refractivity contribution in [1.82, 2.24) is 9.97 Å². The number of fused-ring (bicyclic) bond motifs is 1. The standard InChI is InChI=1S/C11H14N4O/c1-7(6-16)13-11-10(12)14-8-4-2-3-5-9(8)15-11/h2-5,7,16H,6H2,1H3,(H2,12,14)(H,13,15). The number of nitrogen functional groups attached to an aromatic ring is 1. The third kappa shape index (κ3) is 2.04. The van der Waals surface area contributed by atoms with Crippen molar-refractivity contribution in [1.29, 1.82) is 0 Å². The molecule has 2 aromatic rings. The molecule has 0 spiro atoms. The van der Waals surface area contributed by atoms with Gasteiger partial charge in [0.1, 0.15) is 0 Å². The van der Waals surface area contributed by atoms with Crippen molar-refractivity contribution in [2.24, 2.45) is 0 Å². The lowest BCUT2D eigenvalue weighted by atomic mass is 10.3. The Hall–Kier alpha value is -1.88. The van der Waals surface area contributed by atoms with Crippen molar-refractivity contribution in [3.05, 3.63) is 24.3 Å². The first kappa shape index (κ1) is 10.6. The largest absolute Gasteiger partial charge is 0.394 e. The summed E-state index contributed by atoms with van der Waals surface area (Å²) in [6.45, 7) is 1.87. The van der Waals surface area contributed by atoms with Crippen LogP contribution in [0.5, 0.6) is 0 Å². The highest BCUT2D eigenvalue weighted by molar-refractivity contribution is 5.79. The van der Waals surface area contributed by atoms with Crippen LogP contribution in [-0.4, -0.2) is 27.7 Å². The minimum Gasteiger partial charge on any atom is -0.394 e. The molecule has 0 bridgehead atoms. The smallest absolute Gasteiger partial charge is 0.169 e. The highest BCUT2D eigenvalue weighted by atomic mass is 16.3. The maximum Gasteiger partial charge on any atom is 0.169 e. The Bertz CT molecular complexity index is 500. The Morgan fingerprint density at radius 2 is 1.94 bits per heavy atom. The van der Waals surface area contributed by atoms with E-state index in [1.54, 1.807) is 0 Å². The quantitative estimate of drug-likeness (QED) is 0.716. The number of aromatic nitrogens is 2. The minimum absolute atomic E-state index is 0.0218. The molecule has 0 aliphatic carbocycles. The summed E-state index contributed by atoms with van der Waals surface area (Å²) in [5.74, 6) is 0.860. The van der Waals surface area contributed by atoms with Crippen LogP contribution in [0, 0.1) is 0 Å². The lowest BCUT2D eigenvalue weighted by Crippen LogP contribution is -2.21.